The fraction of sp³-hybridized carbons (Fsp3) is 0.500. The van der Waals surface area contributed by atoms with E-state index in [1.807, 2.05) is 11.7 Å². The van der Waals surface area contributed by atoms with Crippen molar-refractivity contribution in [2.75, 3.05) is 32.1 Å². The highest BCUT2D eigenvalue weighted by atomic mass is 31.2. The lowest BCUT2D eigenvalue weighted by molar-refractivity contribution is -0.190. The highest BCUT2D eigenvalue weighted by molar-refractivity contribution is 7.70. The van der Waals surface area contributed by atoms with Gasteiger partial charge in [0, 0.05) is 31.2 Å². The Labute approximate surface area is 145 Å². The first-order chi connectivity index (χ1) is 11.3. The summed E-state index contributed by atoms with van der Waals surface area (Å²) in [7, 11) is 0.988. The van der Waals surface area contributed by atoms with Crippen LogP contribution in [-0.2, 0) is 5.41 Å². The molecule has 1 aromatic rings. The van der Waals surface area contributed by atoms with Gasteiger partial charge in [-0.2, -0.15) is 9.45 Å². The molecule has 2 aliphatic rings. The highest BCUT2D eigenvalue weighted by Gasteiger charge is 2.52. The van der Waals surface area contributed by atoms with Crippen LogP contribution in [0.1, 0.15) is 33.3 Å². The molecular formula is C18H27N4OP. The van der Waals surface area contributed by atoms with Gasteiger partial charge in [0.15, 0.2) is 13.1 Å². The number of hydrogen-bond donors (Lipinski definition) is 0. The van der Waals surface area contributed by atoms with Gasteiger partial charge in [-0.15, -0.1) is 5.10 Å². The van der Waals surface area contributed by atoms with Crippen LogP contribution in [0.15, 0.2) is 40.4 Å². The summed E-state index contributed by atoms with van der Waals surface area (Å²) in [5.74, 6) is 0. The van der Waals surface area contributed by atoms with Crippen LogP contribution in [0.4, 0.5) is 5.69 Å². The van der Waals surface area contributed by atoms with Gasteiger partial charge in [0.25, 0.3) is 0 Å². The van der Waals surface area contributed by atoms with Crippen molar-refractivity contribution in [3.05, 3.63) is 40.8 Å². The maximum absolute atomic E-state index is 14.1. The first-order valence-corrected chi connectivity index (χ1v) is 10.1. The van der Waals surface area contributed by atoms with Crippen LogP contribution in [0.3, 0.4) is 0 Å². The number of nitrogens with zero attached hydrogens (tertiary/aromatic N) is 4. The van der Waals surface area contributed by atoms with Crippen LogP contribution < -0.4 is 9.79 Å². The van der Waals surface area contributed by atoms with E-state index in [9.17, 15) is 4.89 Å². The van der Waals surface area contributed by atoms with E-state index in [-0.39, 0.29) is 5.41 Å². The number of hydrogen-bond acceptors (Lipinski definition) is 5. The number of para-hydroxylation sites is 1. The minimum absolute atomic E-state index is 0.208. The van der Waals surface area contributed by atoms with Gasteiger partial charge in [-0.1, -0.05) is 18.2 Å². The molecule has 2 aliphatic heterocycles. The lowest BCUT2D eigenvalue weighted by Gasteiger charge is -2.41. The van der Waals surface area contributed by atoms with Gasteiger partial charge in [0.2, 0.25) is 0 Å². The molecular weight excluding hydrogens is 319 g/mol. The standard InChI is InChI=1S/C18H27N4OP/c1-7-22(8-2)24(23)16(13-19-21(24)6)17-18(3,4)14-11-9-10-12-15(14)20(17)5/h9-13H,7-8H2,1-6H3/b17-16+. The molecule has 0 saturated carbocycles. The number of allylic oxidation sites excluding steroid dienone is 2. The first-order valence-electron chi connectivity index (χ1n) is 8.52. The Morgan fingerprint density at radius 2 is 1.79 bits per heavy atom. The summed E-state index contributed by atoms with van der Waals surface area (Å²) >= 11 is 0. The second-order valence-electron chi connectivity index (χ2n) is 6.85. The fourth-order valence-corrected chi connectivity index (χ4v) is 6.88. The normalized spacial score (nSPS) is 28.2. The minimum Gasteiger partial charge on any atom is -0.641 e. The van der Waals surface area contributed by atoms with Gasteiger partial charge in [0.05, 0.1) is 19.0 Å². The summed E-state index contributed by atoms with van der Waals surface area (Å²) in [6, 6.07) is 8.42. The van der Waals surface area contributed by atoms with Crippen LogP contribution in [0.2, 0.25) is 0 Å². The van der Waals surface area contributed by atoms with Crippen LogP contribution in [0.25, 0.3) is 0 Å². The summed E-state index contributed by atoms with van der Waals surface area (Å²) in [6.45, 7) is 9.98. The SMILES string of the molecule is CCN(CC)[P+]1([O-])/C(=C2/N(C)c3ccccc3C2(C)C)C=NN1C. The van der Waals surface area contributed by atoms with Crippen molar-refractivity contribution in [2.45, 2.75) is 33.1 Å². The molecule has 5 nitrogen and oxygen atoms in total. The molecule has 1 atom stereocenters. The molecule has 1 aromatic carbocycles. The van der Waals surface area contributed by atoms with Gasteiger partial charge in [0.1, 0.15) is 0 Å². The van der Waals surface area contributed by atoms with Crippen molar-refractivity contribution in [3.8, 4) is 0 Å². The van der Waals surface area contributed by atoms with Gasteiger partial charge in [-0.05, 0) is 39.3 Å². The number of benzene rings is 1. The zero-order valence-electron chi connectivity index (χ0n) is 15.4. The molecule has 0 saturated heterocycles. The maximum atomic E-state index is 14.1. The van der Waals surface area contributed by atoms with E-state index in [0.29, 0.717) is 0 Å². The summed E-state index contributed by atoms with van der Waals surface area (Å²) in [5.41, 5.74) is 3.33. The van der Waals surface area contributed by atoms with Crippen molar-refractivity contribution in [2.24, 2.45) is 5.10 Å². The van der Waals surface area contributed by atoms with E-state index in [2.05, 4.69) is 69.0 Å². The zero-order valence-corrected chi connectivity index (χ0v) is 16.3. The predicted octanol–water partition coefficient (Wildman–Crippen LogP) is 3.02. The molecule has 1 unspecified atom stereocenters. The van der Waals surface area contributed by atoms with E-state index in [0.717, 1.165) is 24.1 Å². The molecule has 130 valence electrons. The van der Waals surface area contributed by atoms with Crippen molar-refractivity contribution in [1.29, 1.82) is 0 Å². The Hall–Kier alpha value is -1.42. The topological polar surface area (TPSA) is 45.1 Å². The number of likely N-dealkylation sites (N-methyl/N-ethyl adjacent to an activating group) is 1. The van der Waals surface area contributed by atoms with Gasteiger partial charge < -0.3 is 9.79 Å². The third-order valence-corrected chi connectivity index (χ3v) is 8.45. The number of hydrazone groups is 1. The Morgan fingerprint density at radius 1 is 1.17 bits per heavy atom. The number of fused-ring (bicyclic) bond motifs is 1. The molecule has 0 bridgehead atoms. The molecule has 0 N–H and O–H groups in total. The number of rotatable bonds is 3. The summed E-state index contributed by atoms with van der Waals surface area (Å²) < 4.78 is 3.70. The Kier molecular flexibility index (Phi) is 4.23. The third-order valence-electron chi connectivity index (χ3n) is 5.28. The minimum atomic E-state index is -2.89. The lowest BCUT2D eigenvalue weighted by atomic mass is 9.84. The molecule has 0 fully saturated rings. The summed E-state index contributed by atoms with van der Waals surface area (Å²) in [4.78, 5) is 16.2. The molecule has 3 rings (SSSR count). The van der Waals surface area contributed by atoms with E-state index < -0.39 is 7.79 Å². The van der Waals surface area contributed by atoms with Crippen molar-refractivity contribution < 1.29 is 4.89 Å². The molecule has 6 heteroatoms. The molecule has 0 radical (unpaired) electrons. The Bertz CT molecular complexity index is 711. The predicted molar refractivity (Wildman–Crippen MR) is 101 cm³/mol. The van der Waals surface area contributed by atoms with Crippen LogP contribution in [0.5, 0.6) is 0 Å². The van der Waals surface area contributed by atoms with Crippen LogP contribution in [-0.4, -0.2) is 42.8 Å². The zero-order chi connectivity index (χ0) is 17.7. The van der Waals surface area contributed by atoms with E-state index >= 15 is 0 Å². The molecule has 0 amide bonds. The number of anilines is 1. The molecule has 2 heterocycles. The first kappa shape index (κ1) is 17.4. The lowest BCUT2D eigenvalue weighted by Crippen LogP contribution is -2.39. The average molecular weight is 346 g/mol. The van der Waals surface area contributed by atoms with E-state index in [4.69, 9.17) is 0 Å². The molecule has 0 spiro atoms. The third kappa shape index (κ3) is 2.15. The van der Waals surface area contributed by atoms with Crippen molar-refractivity contribution in [1.82, 2.24) is 9.45 Å². The summed E-state index contributed by atoms with van der Waals surface area (Å²) in [6.07, 6.45) is 1.80. The second kappa shape index (κ2) is 5.83. The molecule has 0 aromatic heterocycles. The quantitative estimate of drug-likeness (QED) is 0.789. The van der Waals surface area contributed by atoms with Crippen LogP contribution in [0, 0.1) is 0 Å². The Morgan fingerprint density at radius 3 is 2.38 bits per heavy atom. The highest BCUT2D eigenvalue weighted by Crippen LogP contribution is 2.68. The average Bonchev–Trinajstić information content (AvgIpc) is 2.95. The Balaban J connectivity index is 2.24. The fourth-order valence-electron chi connectivity index (χ4n) is 4.03. The maximum Gasteiger partial charge on any atom is 0.188 e. The van der Waals surface area contributed by atoms with Crippen molar-refractivity contribution in [3.63, 3.8) is 0 Å². The van der Waals surface area contributed by atoms with E-state index in [1.165, 1.54) is 11.3 Å². The summed E-state index contributed by atoms with van der Waals surface area (Å²) in [5, 5.41) is 5.27. The largest absolute Gasteiger partial charge is 0.641 e. The van der Waals surface area contributed by atoms with Gasteiger partial charge >= 0.3 is 0 Å². The molecule has 24 heavy (non-hydrogen) atoms. The van der Waals surface area contributed by atoms with E-state index in [1.54, 1.807) is 11.0 Å². The molecule has 0 aliphatic carbocycles. The smallest absolute Gasteiger partial charge is 0.188 e. The monoisotopic (exact) mass is 346 g/mol. The van der Waals surface area contributed by atoms with Crippen molar-refractivity contribution >= 4 is 19.7 Å². The van der Waals surface area contributed by atoms with Crippen LogP contribution >= 0.6 is 7.79 Å². The second-order valence-corrected chi connectivity index (χ2v) is 9.57. The van der Waals surface area contributed by atoms with Gasteiger partial charge in [-0.25, -0.2) is 0 Å². The van der Waals surface area contributed by atoms with Gasteiger partial charge in [-0.3, -0.25) is 0 Å².